The number of nitrogens with zero attached hydrogens (tertiary/aromatic N) is 3. The molecule has 0 bridgehead atoms. The summed E-state index contributed by atoms with van der Waals surface area (Å²) in [5.41, 5.74) is 4.40. The van der Waals surface area contributed by atoms with Gasteiger partial charge in [0.15, 0.2) is 0 Å². The van der Waals surface area contributed by atoms with Gasteiger partial charge in [-0.2, -0.15) is 0 Å². The van der Waals surface area contributed by atoms with Crippen molar-refractivity contribution in [3.05, 3.63) is 95.3 Å². The maximum atomic E-state index is 13.7. The number of allylic oxidation sites excluding steroid dienone is 1. The predicted octanol–water partition coefficient (Wildman–Crippen LogP) is 4.49. The Morgan fingerprint density at radius 3 is 2.02 bits per heavy atom. The number of urea groups is 1. The number of benzene rings is 2. The van der Waals surface area contributed by atoms with Crippen LogP contribution < -0.4 is 16.0 Å². The van der Waals surface area contributed by atoms with E-state index in [-0.39, 0.29) is 35.9 Å². The Bertz CT molecular complexity index is 1270. The lowest BCUT2D eigenvalue weighted by Crippen LogP contribution is -2.51. The topological polar surface area (TPSA) is 80.0 Å². The zero-order valence-electron chi connectivity index (χ0n) is 26.1. The molecule has 0 spiro atoms. The largest absolute Gasteiger partial charge is 0.368 e. The van der Waals surface area contributed by atoms with Gasteiger partial charge < -0.3 is 25.8 Å². The molecule has 2 atom stereocenters. The summed E-state index contributed by atoms with van der Waals surface area (Å²) in [6.45, 7) is 8.70. The zero-order valence-corrected chi connectivity index (χ0v) is 26.1. The van der Waals surface area contributed by atoms with Gasteiger partial charge in [0.2, 0.25) is 5.91 Å². The molecule has 44 heavy (non-hydrogen) atoms. The van der Waals surface area contributed by atoms with Crippen LogP contribution in [0.5, 0.6) is 0 Å². The fraction of sp³-hybridized carbons (Fsp3) is 0.500. The fourth-order valence-corrected chi connectivity index (χ4v) is 7.33. The Morgan fingerprint density at radius 2 is 1.41 bits per heavy atom. The van der Waals surface area contributed by atoms with E-state index >= 15 is 0 Å². The summed E-state index contributed by atoms with van der Waals surface area (Å²) in [5, 5.41) is 9.77. The first kappa shape index (κ1) is 30.4. The molecule has 2 aliphatic heterocycles. The monoisotopic (exact) mass is 596 g/mol. The van der Waals surface area contributed by atoms with Gasteiger partial charge in [-0.25, -0.2) is 4.79 Å². The van der Waals surface area contributed by atoms with Crippen LogP contribution in [-0.2, 0) is 4.79 Å². The molecule has 3 N–H and O–H groups in total. The second-order valence-corrected chi connectivity index (χ2v) is 12.8. The number of piperazine rings is 2. The smallest absolute Gasteiger partial charge is 0.319 e. The molecule has 2 unspecified atom stereocenters. The van der Waals surface area contributed by atoms with E-state index in [2.05, 4.69) is 99.4 Å². The van der Waals surface area contributed by atoms with Crippen LogP contribution >= 0.6 is 0 Å². The van der Waals surface area contributed by atoms with E-state index in [4.69, 9.17) is 0 Å². The molecule has 8 nitrogen and oxygen atoms in total. The Balaban J connectivity index is 1.20. The van der Waals surface area contributed by atoms with Crippen molar-refractivity contribution in [2.75, 3.05) is 52.4 Å². The summed E-state index contributed by atoms with van der Waals surface area (Å²) < 4.78 is 0. The molecule has 0 radical (unpaired) electrons. The molecule has 3 amide bonds. The molecule has 2 aromatic rings. The zero-order chi connectivity index (χ0) is 30.3. The van der Waals surface area contributed by atoms with Crippen LogP contribution in [0.4, 0.5) is 4.79 Å². The first-order valence-electron chi connectivity index (χ1n) is 16.7. The Morgan fingerprint density at radius 1 is 0.795 bits per heavy atom. The Labute approximate surface area is 262 Å². The number of hydrogen-bond donors (Lipinski definition) is 3. The van der Waals surface area contributed by atoms with Gasteiger partial charge in [-0.3, -0.25) is 9.69 Å². The van der Waals surface area contributed by atoms with Crippen molar-refractivity contribution in [1.82, 2.24) is 30.7 Å². The van der Waals surface area contributed by atoms with Gasteiger partial charge in [-0.05, 0) is 36.0 Å². The summed E-state index contributed by atoms with van der Waals surface area (Å²) in [6.07, 6.45) is 9.89. The van der Waals surface area contributed by atoms with E-state index < -0.39 is 0 Å². The lowest BCUT2D eigenvalue weighted by Gasteiger charge is -2.43. The summed E-state index contributed by atoms with van der Waals surface area (Å²) in [6, 6.07) is 21.8. The third-order valence-electron chi connectivity index (χ3n) is 9.76. The highest BCUT2D eigenvalue weighted by molar-refractivity contribution is 5.83. The second-order valence-electron chi connectivity index (χ2n) is 12.8. The van der Waals surface area contributed by atoms with Gasteiger partial charge in [0.25, 0.3) is 0 Å². The molecule has 234 valence electrons. The van der Waals surface area contributed by atoms with Crippen LogP contribution in [0.3, 0.4) is 0 Å². The minimum atomic E-state index is -0.288. The van der Waals surface area contributed by atoms with E-state index in [1.165, 1.54) is 17.5 Å². The number of nitrogens with one attached hydrogen (secondary N) is 3. The first-order valence-corrected chi connectivity index (χ1v) is 16.7. The molecule has 2 aromatic carbocycles. The fourth-order valence-electron chi connectivity index (χ4n) is 7.33. The van der Waals surface area contributed by atoms with Crippen molar-refractivity contribution in [3.63, 3.8) is 0 Å². The molecular formula is C36H48N6O2. The van der Waals surface area contributed by atoms with Crippen LogP contribution in [0.25, 0.3) is 0 Å². The van der Waals surface area contributed by atoms with Crippen LogP contribution in [0, 0.1) is 11.8 Å². The number of carbonyl (C=O) groups is 2. The molecule has 8 heteroatoms. The minimum Gasteiger partial charge on any atom is -0.368 e. The van der Waals surface area contributed by atoms with E-state index in [0.29, 0.717) is 0 Å². The third-order valence-corrected chi connectivity index (χ3v) is 9.76. The highest BCUT2D eigenvalue weighted by Crippen LogP contribution is 2.34. The highest BCUT2D eigenvalue weighted by Gasteiger charge is 2.35. The number of amides is 3. The molecule has 4 aliphatic rings. The average molecular weight is 597 g/mol. The maximum Gasteiger partial charge on any atom is 0.319 e. The third kappa shape index (κ3) is 7.19. The van der Waals surface area contributed by atoms with Crippen LogP contribution in [0.15, 0.2) is 84.2 Å². The molecule has 6 rings (SSSR count). The molecule has 2 saturated heterocycles. The van der Waals surface area contributed by atoms with E-state index in [0.717, 1.165) is 89.4 Å². The normalized spacial score (nSPS) is 23.6. The molecule has 1 saturated carbocycles. The van der Waals surface area contributed by atoms with E-state index in [1.807, 2.05) is 11.0 Å². The van der Waals surface area contributed by atoms with Crippen molar-refractivity contribution < 1.29 is 9.59 Å². The minimum absolute atomic E-state index is 0.0405. The van der Waals surface area contributed by atoms with Gasteiger partial charge >= 0.3 is 6.03 Å². The van der Waals surface area contributed by atoms with Crippen molar-refractivity contribution >= 4 is 11.9 Å². The Hall–Kier alpha value is -3.62. The predicted molar refractivity (Wildman–Crippen MR) is 175 cm³/mol. The summed E-state index contributed by atoms with van der Waals surface area (Å²) in [4.78, 5) is 33.9. The summed E-state index contributed by atoms with van der Waals surface area (Å²) >= 11 is 0. The average Bonchev–Trinajstić information content (AvgIpc) is 3.07. The molecule has 0 aromatic heterocycles. The second kappa shape index (κ2) is 14.4. The summed E-state index contributed by atoms with van der Waals surface area (Å²) in [5.74, 6) is -0.0953. The van der Waals surface area contributed by atoms with Gasteiger partial charge in [0.05, 0.1) is 23.4 Å². The standard InChI is InChI=1S/C36H48N6O2/c1-27-25-33(40-21-23-41(24-22-40)34(28-11-5-2-6-12-28)29-13-7-3-8-14-29)32(39-36(44)38-30-15-9-4-10-16-30)26-31(27)35(43)42-19-17-37-18-20-42/h2-3,5-8,11-14,25-27,30-31,34,37H,4,9-10,15-24H2,1H3,(H2,38,39,44). The van der Waals surface area contributed by atoms with Crippen molar-refractivity contribution in [2.24, 2.45) is 11.8 Å². The van der Waals surface area contributed by atoms with Gasteiger partial charge in [-0.15, -0.1) is 0 Å². The number of rotatable bonds is 7. The SMILES string of the molecule is CC1C=C(N2CCN(C(c3ccccc3)c3ccccc3)CC2)C(NC(=O)NC2CCCCC2)=CC1C(=O)N1CCNCC1. The number of carbonyl (C=O) groups excluding carboxylic acids is 2. The Kier molecular flexibility index (Phi) is 9.98. The van der Waals surface area contributed by atoms with Crippen molar-refractivity contribution in [3.8, 4) is 0 Å². The number of hydrogen-bond acceptors (Lipinski definition) is 5. The van der Waals surface area contributed by atoms with Gasteiger partial charge in [0.1, 0.15) is 0 Å². The highest BCUT2D eigenvalue weighted by atomic mass is 16.2. The van der Waals surface area contributed by atoms with E-state index in [9.17, 15) is 9.59 Å². The molecule has 2 aliphatic carbocycles. The molecule has 3 fully saturated rings. The van der Waals surface area contributed by atoms with Gasteiger partial charge in [-0.1, -0.05) is 92.9 Å². The van der Waals surface area contributed by atoms with E-state index in [1.54, 1.807) is 0 Å². The van der Waals surface area contributed by atoms with Gasteiger partial charge in [0, 0.05) is 58.4 Å². The van der Waals surface area contributed by atoms with Crippen molar-refractivity contribution in [2.45, 2.75) is 51.1 Å². The summed E-state index contributed by atoms with van der Waals surface area (Å²) in [7, 11) is 0. The quantitative estimate of drug-likeness (QED) is 0.439. The maximum absolute atomic E-state index is 13.7. The lowest BCUT2D eigenvalue weighted by molar-refractivity contribution is -0.135. The lowest BCUT2D eigenvalue weighted by atomic mass is 9.85. The van der Waals surface area contributed by atoms with Crippen LogP contribution in [0.1, 0.15) is 56.2 Å². The van der Waals surface area contributed by atoms with Crippen LogP contribution in [0.2, 0.25) is 0 Å². The van der Waals surface area contributed by atoms with Crippen LogP contribution in [-0.4, -0.2) is 85.0 Å². The molecule has 2 heterocycles. The first-order chi connectivity index (χ1) is 21.6. The van der Waals surface area contributed by atoms with Crippen molar-refractivity contribution in [1.29, 1.82) is 0 Å². The molecular weight excluding hydrogens is 548 g/mol.